The van der Waals surface area contributed by atoms with Crippen LogP contribution in [0.2, 0.25) is 0 Å². The monoisotopic (exact) mass is 234 g/mol. The van der Waals surface area contributed by atoms with Crippen LogP contribution in [0.5, 0.6) is 0 Å². The van der Waals surface area contributed by atoms with Crippen molar-refractivity contribution in [2.45, 2.75) is 26.2 Å². The van der Waals surface area contributed by atoms with Gasteiger partial charge in [-0.3, -0.25) is 4.79 Å². The second-order valence-electron chi connectivity index (χ2n) is 4.46. The number of carboxylic acids is 1. The van der Waals surface area contributed by atoms with Gasteiger partial charge in [0.15, 0.2) is 0 Å². The van der Waals surface area contributed by atoms with Crippen molar-refractivity contribution in [3.05, 3.63) is 34.7 Å². The highest BCUT2D eigenvalue weighted by Crippen LogP contribution is 2.38. The first-order valence-corrected chi connectivity index (χ1v) is 5.98. The Morgan fingerprint density at radius 2 is 1.94 bits per heavy atom. The Labute approximate surface area is 98.5 Å². The number of hydrogen-bond donors (Lipinski definition) is 1. The van der Waals surface area contributed by atoms with E-state index in [0.717, 1.165) is 20.5 Å². The molecule has 0 unspecified atom stereocenters. The number of aryl methyl sites for hydroxylation is 1. The van der Waals surface area contributed by atoms with Crippen molar-refractivity contribution in [1.82, 2.24) is 0 Å². The third kappa shape index (κ3) is 1.52. The Bertz CT molecular complexity index is 552. The Hall–Kier alpha value is -1.35. The van der Waals surface area contributed by atoms with Crippen LogP contribution in [0.1, 0.15) is 24.3 Å². The lowest BCUT2D eigenvalue weighted by molar-refractivity contribution is -0.142. The van der Waals surface area contributed by atoms with E-state index in [1.807, 2.05) is 31.2 Å². The molecule has 0 atom stereocenters. The second kappa shape index (κ2) is 3.59. The minimum Gasteiger partial charge on any atom is -0.481 e. The zero-order chi connectivity index (χ0) is 11.9. The normalized spacial score (nSPS) is 11.9. The maximum Gasteiger partial charge on any atom is 0.313 e. The number of fused-ring (bicyclic) bond motifs is 1. The molecule has 0 aliphatic heterocycles. The molecule has 1 heterocycles. The van der Waals surface area contributed by atoms with E-state index in [0.29, 0.717) is 0 Å². The molecule has 0 radical (unpaired) electrons. The summed E-state index contributed by atoms with van der Waals surface area (Å²) in [7, 11) is 0. The summed E-state index contributed by atoms with van der Waals surface area (Å²) < 4.78 is 1.16. The number of hydrogen-bond acceptors (Lipinski definition) is 2. The maximum atomic E-state index is 11.3. The molecule has 2 rings (SSSR count). The van der Waals surface area contributed by atoms with E-state index in [1.54, 1.807) is 25.2 Å². The zero-order valence-electron chi connectivity index (χ0n) is 9.57. The molecule has 2 nitrogen and oxygen atoms in total. The lowest BCUT2D eigenvalue weighted by Crippen LogP contribution is -2.28. The lowest BCUT2D eigenvalue weighted by Gasteiger charge is -2.20. The summed E-state index contributed by atoms with van der Waals surface area (Å²) in [5.41, 5.74) is 0.115. The van der Waals surface area contributed by atoms with Crippen molar-refractivity contribution in [3.8, 4) is 0 Å². The average Bonchev–Trinajstić information content (AvgIpc) is 2.53. The van der Waals surface area contributed by atoms with Gasteiger partial charge in [-0.2, -0.15) is 0 Å². The van der Waals surface area contributed by atoms with Crippen LogP contribution in [-0.4, -0.2) is 11.1 Å². The minimum atomic E-state index is -0.830. The second-order valence-corrected chi connectivity index (χ2v) is 5.72. The molecule has 0 saturated carbocycles. The summed E-state index contributed by atoms with van der Waals surface area (Å²) in [5, 5.41) is 10.4. The summed E-state index contributed by atoms with van der Waals surface area (Å²) >= 11 is 1.66. The first-order valence-electron chi connectivity index (χ1n) is 5.16. The highest BCUT2D eigenvalue weighted by atomic mass is 32.1. The van der Waals surface area contributed by atoms with Crippen LogP contribution in [0.25, 0.3) is 10.1 Å². The molecule has 2 aromatic rings. The van der Waals surface area contributed by atoms with Crippen molar-refractivity contribution in [2.75, 3.05) is 0 Å². The van der Waals surface area contributed by atoms with Crippen LogP contribution in [0.4, 0.5) is 0 Å². The van der Waals surface area contributed by atoms with Crippen LogP contribution in [0.3, 0.4) is 0 Å². The molecule has 16 heavy (non-hydrogen) atoms. The van der Waals surface area contributed by atoms with Gasteiger partial charge in [0.2, 0.25) is 0 Å². The van der Waals surface area contributed by atoms with E-state index < -0.39 is 11.4 Å². The summed E-state index contributed by atoms with van der Waals surface area (Å²) in [6.45, 7) is 5.51. The molecule has 0 spiro atoms. The minimum absolute atomic E-state index is 0.779. The highest BCUT2D eigenvalue weighted by Gasteiger charge is 2.33. The average molecular weight is 234 g/mol. The molecule has 1 aromatic heterocycles. The van der Waals surface area contributed by atoms with Gasteiger partial charge in [0.25, 0.3) is 0 Å². The molecule has 3 heteroatoms. The summed E-state index contributed by atoms with van der Waals surface area (Å²) in [5.74, 6) is -0.779. The largest absolute Gasteiger partial charge is 0.481 e. The maximum absolute atomic E-state index is 11.3. The topological polar surface area (TPSA) is 37.3 Å². The molecule has 1 N–H and O–H groups in total. The van der Waals surface area contributed by atoms with Crippen LogP contribution < -0.4 is 0 Å². The van der Waals surface area contributed by atoms with Gasteiger partial charge in [-0.25, -0.2) is 0 Å². The SMILES string of the molecule is Cc1sc2ccccc2c1C(C)(C)C(=O)O. The number of benzene rings is 1. The molecular formula is C13H14O2S. The van der Waals surface area contributed by atoms with Gasteiger partial charge in [-0.15, -0.1) is 11.3 Å². The first kappa shape index (κ1) is 11.1. The van der Waals surface area contributed by atoms with Gasteiger partial charge in [-0.05, 0) is 37.8 Å². The molecule has 0 amide bonds. The summed E-state index contributed by atoms with van der Waals surface area (Å²) in [6, 6.07) is 7.97. The van der Waals surface area contributed by atoms with Crippen LogP contribution >= 0.6 is 11.3 Å². The van der Waals surface area contributed by atoms with E-state index in [4.69, 9.17) is 0 Å². The molecule has 0 bridgehead atoms. The van der Waals surface area contributed by atoms with Crippen molar-refractivity contribution in [3.63, 3.8) is 0 Å². The van der Waals surface area contributed by atoms with Gasteiger partial charge in [-0.1, -0.05) is 18.2 Å². The molecule has 0 aliphatic carbocycles. The third-order valence-electron chi connectivity index (χ3n) is 2.93. The predicted molar refractivity (Wildman–Crippen MR) is 67.2 cm³/mol. The van der Waals surface area contributed by atoms with Crippen molar-refractivity contribution >= 4 is 27.4 Å². The van der Waals surface area contributed by atoms with Crippen LogP contribution in [0, 0.1) is 6.92 Å². The van der Waals surface area contributed by atoms with Gasteiger partial charge < -0.3 is 5.11 Å². The summed E-state index contributed by atoms with van der Waals surface area (Å²) in [4.78, 5) is 12.4. The highest BCUT2D eigenvalue weighted by molar-refractivity contribution is 7.19. The quantitative estimate of drug-likeness (QED) is 0.862. The lowest BCUT2D eigenvalue weighted by atomic mass is 9.83. The fourth-order valence-corrected chi connectivity index (χ4v) is 3.28. The molecule has 1 aromatic carbocycles. The summed E-state index contributed by atoms with van der Waals surface area (Å²) in [6.07, 6.45) is 0. The van der Waals surface area contributed by atoms with E-state index >= 15 is 0 Å². The molecule has 84 valence electrons. The number of carbonyl (C=O) groups is 1. The predicted octanol–water partition coefficient (Wildman–Crippen LogP) is 3.57. The van der Waals surface area contributed by atoms with E-state index in [-0.39, 0.29) is 0 Å². The van der Waals surface area contributed by atoms with Crippen LogP contribution in [-0.2, 0) is 10.2 Å². The van der Waals surface area contributed by atoms with Crippen molar-refractivity contribution < 1.29 is 9.90 Å². The first-order chi connectivity index (χ1) is 7.44. The molecule has 0 saturated heterocycles. The van der Waals surface area contributed by atoms with Gasteiger partial charge >= 0.3 is 5.97 Å². The van der Waals surface area contributed by atoms with Crippen molar-refractivity contribution in [1.29, 1.82) is 0 Å². The molecule has 0 fully saturated rings. The van der Waals surface area contributed by atoms with Crippen molar-refractivity contribution in [2.24, 2.45) is 0 Å². The number of thiophene rings is 1. The fraction of sp³-hybridized carbons (Fsp3) is 0.308. The van der Waals surface area contributed by atoms with E-state index in [1.165, 1.54) is 0 Å². The Kier molecular flexibility index (Phi) is 2.50. The van der Waals surface area contributed by atoms with Gasteiger partial charge in [0, 0.05) is 9.58 Å². The number of aliphatic carboxylic acids is 1. The van der Waals surface area contributed by atoms with Gasteiger partial charge in [0.05, 0.1) is 5.41 Å². The standard InChI is InChI=1S/C13H14O2S/c1-8-11(13(2,3)12(14)15)9-6-4-5-7-10(9)16-8/h4-7H,1-3H3,(H,14,15). The molecular weight excluding hydrogens is 220 g/mol. The zero-order valence-corrected chi connectivity index (χ0v) is 10.4. The van der Waals surface area contributed by atoms with Crippen LogP contribution in [0.15, 0.2) is 24.3 Å². The Morgan fingerprint density at radius 3 is 2.56 bits per heavy atom. The molecule has 0 aliphatic rings. The Balaban J connectivity index is 2.78. The Morgan fingerprint density at radius 1 is 1.31 bits per heavy atom. The van der Waals surface area contributed by atoms with E-state index in [2.05, 4.69) is 0 Å². The number of carboxylic acid groups (broad SMARTS) is 1. The fourth-order valence-electron chi connectivity index (χ4n) is 2.05. The van der Waals surface area contributed by atoms with Gasteiger partial charge in [0.1, 0.15) is 0 Å². The van der Waals surface area contributed by atoms with E-state index in [9.17, 15) is 9.90 Å². The third-order valence-corrected chi connectivity index (χ3v) is 4.02. The number of rotatable bonds is 2. The smallest absolute Gasteiger partial charge is 0.313 e.